The van der Waals surface area contributed by atoms with Crippen LogP contribution in [0.3, 0.4) is 0 Å². The fraction of sp³-hybridized carbons (Fsp3) is 0.737. The summed E-state index contributed by atoms with van der Waals surface area (Å²) in [4.78, 5) is 14.1. The Kier molecular flexibility index (Phi) is 7.30. The number of carbonyl (C=O) groups is 1. The first kappa shape index (κ1) is 20.8. The third-order valence-corrected chi connectivity index (χ3v) is 9.24. The summed E-state index contributed by atoms with van der Waals surface area (Å²) >= 11 is 1.25. The third-order valence-electron chi connectivity index (χ3n) is 5.97. The number of thiophene rings is 1. The van der Waals surface area contributed by atoms with E-state index in [1.54, 1.807) is 22.4 Å². The average molecular weight is 415 g/mol. The quantitative estimate of drug-likeness (QED) is 0.657. The Morgan fingerprint density at radius 3 is 2.74 bits per heavy atom. The molecule has 2 atom stereocenters. The van der Waals surface area contributed by atoms with Crippen LogP contribution >= 0.6 is 11.3 Å². The van der Waals surface area contributed by atoms with Gasteiger partial charge in [-0.1, -0.05) is 6.07 Å². The van der Waals surface area contributed by atoms with Crippen LogP contribution in [0.1, 0.15) is 45.4 Å². The van der Waals surface area contributed by atoms with Crippen molar-refractivity contribution in [3.8, 4) is 0 Å². The minimum atomic E-state index is -3.39. The van der Waals surface area contributed by atoms with Gasteiger partial charge in [-0.2, -0.15) is 4.31 Å². The Bertz CT molecular complexity index is 698. The molecule has 0 radical (unpaired) electrons. The van der Waals surface area contributed by atoms with Crippen molar-refractivity contribution in [3.05, 3.63) is 17.5 Å². The number of likely N-dealkylation sites (tertiary alicyclic amines) is 1. The molecule has 0 saturated carbocycles. The molecule has 2 fully saturated rings. The smallest absolute Gasteiger partial charge is 0.252 e. The number of sulfonamides is 1. The molecule has 152 valence electrons. The van der Waals surface area contributed by atoms with Crippen LogP contribution in [-0.2, 0) is 14.8 Å². The highest BCUT2D eigenvalue weighted by molar-refractivity contribution is 7.91. The lowest BCUT2D eigenvalue weighted by atomic mass is 9.97. The second-order valence-electron chi connectivity index (χ2n) is 7.81. The van der Waals surface area contributed by atoms with E-state index in [0.717, 1.165) is 25.6 Å². The molecule has 1 unspecified atom stereocenters. The van der Waals surface area contributed by atoms with Gasteiger partial charge in [-0.05, 0) is 50.5 Å². The topological polar surface area (TPSA) is 70.9 Å². The van der Waals surface area contributed by atoms with Crippen LogP contribution in [0.5, 0.6) is 0 Å². The van der Waals surface area contributed by atoms with E-state index < -0.39 is 10.0 Å². The number of carbonyl (C=O) groups excluding carboxylic acids is 1. The van der Waals surface area contributed by atoms with Gasteiger partial charge in [0.25, 0.3) is 10.0 Å². The van der Waals surface area contributed by atoms with E-state index in [-0.39, 0.29) is 11.8 Å². The van der Waals surface area contributed by atoms with Crippen LogP contribution in [0.2, 0.25) is 0 Å². The molecule has 2 N–H and O–H groups in total. The molecule has 2 aliphatic rings. The maximum absolute atomic E-state index is 12.5. The van der Waals surface area contributed by atoms with Gasteiger partial charge in [0.15, 0.2) is 0 Å². The highest BCUT2D eigenvalue weighted by Gasteiger charge is 2.32. The van der Waals surface area contributed by atoms with Gasteiger partial charge in [-0.15, -0.1) is 11.3 Å². The van der Waals surface area contributed by atoms with Crippen LogP contribution in [0.25, 0.3) is 0 Å². The third kappa shape index (κ3) is 5.31. The van der Waals surface area contributed by atoms with Gasteiger partial charge in [-0.3, -0.25) is 4.79 Å². The molecule has 0 aromatic carbocycles. The molecule has 0 bridgehead atoms. The number of amides is 1. The summed E-state index contributed by atoms with van der Waals surface area (Å²) in [5, 5.41) is 4.85. The highest BCUT2D eigenvalue weighted by Crippen LogP contribution is 2.26. The molecule has 0 aliphatic carbocycles. The summed E-state index contributed by atoms with van der Waals surface area (Å²) in [6.07, 6.45) is 6.20. The van der Waals surface area contributed by atoms with Gasteiger partial charge >= 0.3 is 0 Å². The monoisotopic (exact) mass is 414 g/mol. The molecule has 6 nitrogen and oxygen atoms in total. The minimum Gasteiger partial charge on any atom is -0.356 e. The molecule has 8 heteroatoms. The van der Waals surface area contributed by atoms with Gasteiger partial charge in [0.05, 0.1) is 19.1 Å². The van der Waals surface area contributed by atoms with Crippen LogP contribution in [0.4, 0.5) is 0 Å². The molecular formula is C19H32N3O3S2+. The maximum atomic E-state index is 12.5. The van der Waals surface area contributed by atoms with Crippen molar-refractivity contribution in [1.29, 1.82) is 0 Å². The SMILES string of the molecule is C[C@H]1CCCC[NH+]1CCCNC(=O)C1CCN(S(=O)(=O)c2cccs2)CC1. The van der Waals surface area contributed by atoms with Gasteiger partial charge in [0.2, 0.25) is 5.91 Å². The Morgan fingerprint density at radius 1 is 1.30 bits per heavy atom. The summed E-state index contributed by atoms with van der Waals surface area (Å²) in [6.45, 7) is 6.28. The maximum Gasteiger partial charge on any atom is 0.252 e. The van der Waals surface area contributed by atoms with Gasteiger partial charge < -0.3 is 10.2 Å². The number of quaternary nitrogens is 1. The van der Waals surface area contributed by atoms with Crippen molar-refractivity contribution < 1.29 is 18.1 Å². The molecule has 0 spiro atoms. The number of piperidine rings is 2. The summed E-state index contributed by atoms with van der Waals surface area (Å²) in [7, 11) is -3.39. The fourth-order valence-corrected chi connectivity index (χ4v) is 6.81. The first-order chi connectivity index (χ1) is 13.0. The number of rotatable bonds is 7. The summed E-state index contributed by atoms with van der Waals surface area (Å²) < 4.78 is 27.0. The zero-order chi connectivity index (χ0) is 19.3. The zero-order valence-corrected chi connectivity index (χ0v) is 17.8. The summed E-state index contributed by atoms with van der Waals surface area (Å²) in [6, 6.07) is 4.14. The fourth-order valence-electron chi connectivity index (χ4n) is 4.19. The lowest BCUT2D eigenvalue weighted by molar-refractivity contribution is -0.928. The average Bonchev–Trinajstić information content (AvgIpc) is 3.22. The molecule has 27 heavy (non-hydrogen) atoms. The van der Waals surface area contributed by atoms with Crippen molar-refractivity contribution in [2.24, 2.45) is 5.92 Å². The minimum absolute atomic E-state index is 0.0685. The second-order valence-corrected chi connectivity index (χ2v) is 10.9. The normalized spacial score (nSPS) is 25.4. The van der Waals surface area contributed by atoms with Crippen molar-refractivity contribution in [2.75, 3.05) is 32.7 Å². The van der Waals surface area contributed by atoms with E-state index in [2.05, 4.69) is 12.2 Å². The number of nitrogens with one attached hydrogen (secondary N) is 2. The van der Waals surface area contributed by atoms with Crippen molar-refractivity contribution in [2.45, 2.75) is 55.7 Å². The Balaban J connectivity index is 1.37. The van der Waals surface area contributed by atoms with E-state index in [1.165, 1.54) is 41.4 Å². The lowest BCUT2D eigenvalue weighted by Gasteiger charge is -2.31. The summed E-state index contributed by atoms with van der Waals surface area (Å²) in [5.41, 5.74) is 0. The molecule has 1 aromatic heterocycles. The Hall–Kier alpha value is -0.960. The van der Waals surface area contributed by atoms with Crippen LogP contribution < -0.4 is 10.2 Å². The van der Waals surface area contributed by atoms with Crippen LogP contribution in [-0.4, -0.2) is 57.4 Å². The Morgan fingerprint density at radius 2 is 2.07 bits per heavy atom. The van der Waals surface area contributed by atoms with E-state index in [4.69, 9.17) is 0 Å². The van der Waals surface area contributed by atoms with E-state index >= 15 is 0 Å². The molecule has 1 aromatic rings. The zero-order valence-electron chi connectivity index (χ0n) is 16.2. The largest absolute Gasteiger partial charge is 0.356 e. The molecule has 2 saturated heterocycles. The van der Waals surface area contributed by atoms with E-state index in [0.29, 0.717) is 30.1 Å². The second kappa shape index (κ2) is 9.49. The molecule has 3 heterocycles. The number of hydrogen-bond donors (Lipinski definition) is 2. The molecular weight excluding hydrogens is 382 g/mol. The first-order valence-corrected chi connectivity index (χ1v) is 12.5. The molecule has 2 aliphatic heterocycles. The van der Waals surface area contributed by atoms with Crippen molar-refractivity contribution in [1.82, 2.24) is 9.62 Å². The standard InChI is InChI=1S/C19H31N3O3S2/c1-16-6-2-3-11-21(16)12-5-10-20-19(23)17-8-13-22(14-9-17)27(24,25)18-7-4-15-26-18/h4,7,15-17H,2-3,5-6,8-14H2,1H3,(H,20,23)/p+1/t16-/m0/s1. The highest BCUT2D eigenvalue weighted by atomic mass is 32.2. The van der Waals surface area contributed by atoms with Gasteiger partial charge in [0, 0.05) is 32.0 Å². The van der Waals surface area contributed by atoms with Crippen LogP contribution in [0.15, 0.2) is 21.7 Å². The Labute approximate surface area is 167 Å². The van der Waals surface area contributed by atoms with E-state index in [1.807, 2.05) is 0 Å². The number of hydrogen-bond acceptors (Lipinski definition) is 4. The first-order valence-electron chi connectivity index (χ1n) is 10.1. The van der Waals surface area contributed by atoms with Gasteiger partial charge in [0.1, 0.15) is 4.21 Å². The molecule has 1 amide bonds. The molecule has 3 rings (SSSR count). The lowest BCUT2D eigenvalue weighted by Crippen LogP contribution is -3.16. The predicted molar refractivity (Wildman–Crippen MR) is 107 cm³/mol. The van der Waals surface area contributed by atoms with Crippen molar-refractivity contribution >= 4 is 27.3 Å². The predicted octanol–water partition coefficient (Wildman–Crippen LogP) is 1.11. The van der Waals surface area contributed by atoms with Crippen LogP contribution in [0, 0.1) is 5.92 Å². The van der Waals surface area contributed by atoms with Crippen molar-refractivity contribution in [3.63, 3.8) is 0 Å². The summed E-state index contributed by atoms with van der Waals surface area (Å²) in [5.74, 6) is 0.0194. The van der Waals surface area contributed by atoms with E-state index in [9.17, 15) is 13.2 Å². The number of nitrogens with zero attached hydrogens (tertiary/aromatic N) is 1. The van der Waals surface area contributed by atoms with Gasteiger partial charge in [-0.25, -0.2) is 8.42 Å².